The highest BCUT2D eigenvalue weighted by atomic mass is 16.7. The summed E-state index contributed by atoms with van der Waals surface area (Å²) in [5, 5.41) is 10.6. The zero-order valence-corrected chi connectivity index (χ0v) is 12.0. The molecule has 3 atom stereocenters. The van der Waals surface area contributed by atoms with Crippen LogP contribution >= 0.6 is 0 Å². The van der Waals surface area contributed by atoms with Crippen LogP contribution in [0.15, 0.2) is 24.3 Å². The standard InChI is InChI=1S/C15H17NO6/c17-15(21-11-6-4-10(5-7-11)16(18)19)22-14-8-9-20-13-3-1-2-12(13)14/h4-7,12-14H,1-3,8-9H2/t12-,13+,14+/m1/s1. The van der Waals surface area contributed by atoms with Crippen molar-refractivity contribution in [2.45, 2.75) is 37.9 Å². The molecule has 1 aliphatic carbocycles. The Hall–Kier alpha value is -2.15. The first kappa shape index (κ1) is 14.8. The number of carbonyl (C=O) groups excluding carboxylic acids is 1. The lowest BCUT2D eigenvalue weighted by atomic mass is 9.94. The van der Waals surface area contributed by atoms with E-state index in [9.17, 15) is 14.9 Å². The van der Waals surface area contributed by atoms with Gasteiger partial charge in [-0.25, -0.2) is 4.79 Å². The van der Waals surface area contributed by atoms with Gasteiger partial charge in [-0.1, -0.05) is 6.42 Å². The average Bonchev–Trinajstić information content (AvgIpc) is 2.97. The number of carbonyl (C=O) groups is 1. The zero-order chi connectivity index (χ0) is 15.5. The number of fused-ring (bicyclic) bond motifs is 1. The predicted molar refractivity (Wildman–Crippen MR) is 75.7 cm³/mol. The van der Waals surface area contributed by atoms with Crippen molar-refractivity contribution in [2.75, 3.05) is 6.61 Å². The highest BCUT2D eigenvalue weighted by Crippen LogP contribution is 2.36. The first-order valence-corrected chi connectivity index (χ1v) is 7.38. The number of hydrogen-bond acceptors (Lipinski definition) is 6. The first-order chi connectivity index (χ1) is 10.6. The van der Waals surface area contributed by atoms with Gasteiger partial charge in [0.05, 0.1) is 17.6 Å². The molecule has 0 N–H and O–H groups in total. The molecule has 7 heteroatoms. The van der Waals surface area contributed by atoms with E-state index < -0.39 is 11.1 Å². The van der Waals surface area contributed by atoms with E-state index in [0.717, 1.165) is 19.3 Å². The lowest BCUT2D eigenvalue weighted by molar-refractivity contribution is -0.384. The molecule has 0 bridgehead atoms. The van der Waals surface area contributed by atoms with Gasteiger partial charge in [0.2, 0.25) is 0 Å². The van der Waals surface area contributed by atoms with Crippen molar-refractivity contribution in [3.05, 3.63) is 34.4 Å². The molecule has 1 saturated heterocycles. The molecule has 0 amide bonds. The molecule has 0 aromatic heterocycles. The predicted octanol–water partition coefficient (Wildman–Crippen LogP) is 3.07. The van der Waals surface area contributed by atoms with Gasteiger partial charge in [0.1, 0.15) is 11.9 Å². The van der Waals surface area contributed by atoms with Crippen molar-refractivity contribution < 1.29 is 23.9 Å². The van der Waals surface area contributed by atoms with Gasteiger partial charge in [-0.15, -0.1) is 0 Å². The monoisotopic (exact) mass is 307 g/mol. The Morgan fingerprint density at radius 1 is 1.23 bits per heavy atom. The Kier molecular flexibility index (Phi) is 4.24. The summed E-state index contributed by atoms with van der Waals surface area (Å²) in [6.07, 6.45) is 3.02. The molecule has 118 valence electrons. The minimum absolute atomic E-state index is 0.0565. The molecule has 0 unspecified atom stereocenters. The molecule has 0 radical (unpaired) electrons. The zero-order valence-electron chi connectivity index (χ0n) is 12.0. The highest BCUT2D eigenvalue weighted by molar-refractivity contribution is 5.64. The van der Waals surface area contributed by atoms with Crippen LogP contribution < -0.4 is 4.74 Å². The first-order valence-electron chi connectivity index (χ1n) is 7.38. The number of nitro benzene ring substituents is 1. The Morgan fingerprint density at radius 3 is 2.73 bits per heavy atom. The van der Waals surface area contributed by atoms with E-state index in [1.54, 1.807) is 0 Å². The van der Waals surface area contributed by atoms with E-state index in [2.05, 4.69) is 0 Å². The van der Waals surface area contributed by atoms with Crippen LogP contribution in [0.2, 0.25) is 0 Å². The molecule has 3 rings (SSSR count). The van der Waals surface area contributed by atoms with Gasteiger partial charge in [0.15, 0.2) is 0 Å². The molecular weight excluding hydrogens is 290 g/mol. The molecular formula is C15H17NO6. The van der Waals surface area contributed by atoms with Crippen LogP contribution in [0.5, 0.6) is 5.75 Å². The summed E-state index contributed by atoms with van der Waals surface area (Å²) in [6.45, 7) is 0.594. The third kappa shape index (κ3) is 3.19. The maximum atomic E-state index is 11.9. The fraction of sp³-hybridized carbons (Fsp3) is 0.533. The van der Waals surface area contributed by atoms with Gasteiger partial charge in [-0.3, -0.25) is 10.1 Å². The van der Waals surface area contributed by atoms with E-state index in [-0.39, 0.29) is 29.6 Å². The minimum Gasteiger partial charge on any atom is -0.430 e. The number of nitrogens with zero attached hydrogens (tertiary/aromatic N) is 1. The van der Waals surface area contributed by atoms with E-state index >= 15 is 0 Å². The van der Waals surface area contributed by atoms with Gasteiger partial charge < -0.3 is 14.2 Å². The Balaban J connectivity index is 1.56. The number of hydrogen-bond donors (Lipinski definition) is 0. The van der Waals surface area contributed by atoms with E-state index in [4.69, 9.17) is 14.2 Å². The summed E-state index contributed by atoms with van der Waals surface area (Å²) in [5.41, 5.74) is -0.0565. The maximum absolute atomic E-state index is 11.9. The number of ether oxygens (including phenoxy) is 3. The van der Waals surface area contributed by atoms with Gasteiger partial charge in [0.25, 0.3) is 5.69 Å². The smallest absolute Gasteiger partial charge is 0.430 e. The summed E-state index contributed by atoms with van der Waals surface area (Å²) >= 11 is 0. The lowest BCUT2D eigenvalue weighted by Crippen LogP contribution is -2.39. The van der Waals surface area contributed by atoms with Crippen LogP contribution in [0, 0.1) is 16.0 Å². The van der Waals surface area contributed by atoms with Gasteiger partial charge in [-0.05, 0) is 25.0 Å². The lowest BCUT2D eigenvalue weighted by Gasteiger charge is -2.32. The second-order valence-corrected chi connectivity index (χ2v) is 5.55. The number of benzene rings is 1. The second-order valence-electron chi connectivity index (χ2n) is 5.55. The fourth-order valence-electron chi connectivity index (χ4n) is 3.16. The van der Waals surface area contributed by atoms with Crippen LogP contribution in [0.1, 0.15) is 25.7 Å². The number of non-ortho nitro benzene ring substituents is 1. The normalized spacial score (nSPS) is 27.0. The van der Waals surface area contributed by atoms with Crippen LogP contribution in [0.25, 0.3) is 0 Å². The van der Waals surface area contributed by atoms with Crippen LogP contribution in [0.3, 0.4) is 0 Å². The average molecular weight is 307 g/mol. The minimum atomic E-state index is -0.772. The SMILES string of the molecule is O=C(Oc1ccc([N+](=O)[O-])cc1)O[C@H]1CCO[C@H]2CCC[C@H]21. The largest absolute Gasteiger partial charge is 0.514 e. The van der Waals surface area contributed by atoms with Crippen LogP contribution in [0.4, 0.5) is 10.5 Å². The Bertz CT molecular complexity index is 558. The van der Waals surface area contributed by atoms with Gasteiger partial charge in [-0.2, -0.15) is 0 Å². The quantitative estimate of drug-likeness (QED) is 0.369. The molecule has 7 nitrogen and oxygen atoms in total. The summed E-state index contributed by atoms with van der Waals surface area (Å²) in [7, 11) is 0. The molecule has 2 fully saturated rings. The summed E-state index contributed by atoms with van der Waals surface area (Å²) < 4.78 is 16.2. The number of nitro groups is 1. The third-order valence-corrected chi connectivity index (χ3v) is 4.21. The second kappa shape index (κ2) is 6.31. The fourth-order valence-corrected chi connectivity index (χ4v) is 3.16. The van der Waals surface area contributed by atoms with Gasteiger partial charge >= 0.3 is 6.16 Å². The Labute approximate surface area is 127 Å². The summed E-state index contributed by atoms with van der Waals surface area (Å²) in [6, 6.07) is 5.32. The van der Waals surface area contributed by atoms with Crippen molar-refractivity contribution in [3.8, 4) is 5.75 Å². The molecule has 1 heterocycles. The molecule has 22 heavy (non-hydrogen) atoms. The van der Waals surface area contributed by atoms with Crippen molar-refractivity contribution in [1.29, 1.82) is 0 Å². The maximum Gasteiger partial charge on any atom is 0.514 e. The number of rotatable bonds is 3. The summed E-state index contributed by atoms with van der Waals surface area (Å²) in [4.78, 5) is 21.9. The van der Waals surface area contributed by atoms with Crippen molar-refractivity contribution in [2.24, 2.45) is 5.92 Å². The van der Waals surface area contributed by atoms with Crippen molar-refractivity contribution >= 4 is 11.8 Å². The highest BCUT2D eigenvalue weighted by Gasteiger charge is 2.40. The molecule has 1 aromatic carbocycles. The third-order valence-electron chi connectivity index (χ3n) is 4.21. The molecule has 1 aliphatic heterocycles. The van der Waals surface area contributed by atoms with E-state index in [1.165, 1.54) is 24.3 Å². The topological polar surface area (TPSA) is 87.9 Å². The van der Waals surface area contributed by atoms with Crippen LogP contribution in [-0.2, 0) is 9.47 Å². The molecule has 1 aromatic rings. The molecule has 2 aliphatic rings. The molecule has 0 spiro atoms. The molecule has 1 saturated carbocycles. The van der Waals surface area contributed by atoms with Crippen molar-refractivity contribution in [1.82, 2.24) is 0 Å². The van der Waals surface area contributed by atoms with Crippen molar-refractivity contribution in [3.63, 3.8) is 0 Å². The van der Waals surface area contributed by atoms with E-state index in [0.29, 0.717) is 13.0 Å². The summed E-state index contributed by atoms with van der Waals surface area (Å²) in [5.74, 6) is 0.476. The van der Waals surface area contributed by atoms with Gasteiger partial charge in [0, 0.05) is 24.5 Å². The Morgan fingerprint density at radius 2 is 2.00 bits per heavy atom. The van der Waals surface area contributed by atoms with E-state index in [1.807, 2.05) is 0 Å². The van der Waals surface area contributed by atoms with Crippen LogP contribution in [-0.4, -0.2) is 29.9 Å².